The minimum atomic E-state index is 0. The minimum absolute atomic E-state index is 0. The lowest BCUT2D eigenvalue weighted by atomic mass is 10.3. The van der Waals surface area contributed by atoms with Gasteiger partial charge in [-0.05, 0) is 17.5 Å². The largest absolute Gasteiger partial charge is 0.361 e. The van der Waals surface area contributed by atoms with Crippen LogP contribution in [0.3, 0.4) is 0 Å². The predicted octanol–water partition coefficient (Wildman–Crippen LogP) is 2.65. The van der Waals surface area contributed by atoms with Crippen molar-refractivity contribution in [2.45, 2.75) is 0 Å². The molecule has 0 aliphatic carbocycles. The van der Waals surface area contributed by atoms with Crippen LogP contribution in [0.25, 0.3) is 10.9 Å². The van der Waals surface area contributed by atoms with Gasteiger partial charge in [0.05, 0.1) is 0 Å². The zero-order chi connectivity index (χ0) is 6.10. The number of hydrogen-bond acceptors (Lipinski definition) is 0. The molecule has 1 heterocycles. The predicted molar refractivity (Wildman–Crippen MR) is 56.7 cm³/mol. The molecule has 2 aromatic rings. The van der Waals surface area contributed by atoms with Crippen LogP contribution in [0.15, 0.2) is 36.5 Å². The molecule has 1 nitrogen and oxygen atoms in total. The van der Waals surface area contributed by atoms with E-state index in [1.807, 2.05) is 18.3 Å². The van der Waals surface area contributed by atoms with E-state index in [0.717, 1.165) is 0 Å². The molecule has 0 radical (unpaired) electrons. The van der Waals surface area contributed by atoms with Crippen molar-refractivity contribution in [1.29, 1.82) is 0 Å². The molecule has 1 N–H and O–H groups in total. The second kappa shape index (κ2) is 4.38. The standard InChI is InChI=1S/C8H7N.ClH.H3P/c1-2-4-8-7(3-1)5-6-9-8;;/h1-6,9H;1H;1H3. The molecular weight excluding hydrogens is 177 g/mol. The summed E-state index contributed by atoms with van der Waals surface area (Å²) in [5, 5.41) is 1.28. The highest BCUT2D eigenvalue weighted by atomic mass is 35.5. The molecule has 2 rings (SSSR count). The van der Waals surface area contributed by atoms with Crippen molar-refractivity contribution in [1.82, 2.24) is 4.98 Å². The van der Waals surface area contributed by atoms with Gasteiger partial charge in [0.1, 0.15) is 0 Å². The molecule has 0 saturated heterocycles. The number of fused-ring (bicyclic) bond motifs is 1. The van der Waals surface area contributed by atoms with Crippen molar-refractivity contribution in [3.05, 3.63) is 36.5 Å². The monoisotopic (exact) mass is 187 g/mol. The lowest BCUT2D eigenvalue weighted by Gasteiger charge is -1.83. The summed E-state index contributed by atoms with van der Waals surface area (Å²) in [4.78, 5) is 3.12. The van der Waals surface area contributed by atoms with Crippen LogP contribution in [-0.4, -0.2) is 4.98 Å². The van der Waals surface area contributed by atoms with Gasteiger partial charge in [0.2, 0.25) is 0 Å². The van der Waals surface area contributed by atoms with Gasteiger partial charge < -0.3 is 4.98 Å². The Balaban J connectivity index is 0.000000500. The maximum absolute atomic E-state index is 3.12. The van der Waals surface area contributed by atoms with Gasteiger partial charge in [0.15, 0.2) is 0 Å². The first kappa shape index (κ1) is 10.5. The average Bonchev–Trinajstić information content (AvgIpc) is 2.33. The van der Waals surface area contributed by atoms with Gasteiger partial charge in [-0.25, -0.2) is 0 Å². The Labute approximate surface area is 75.2 Å². The van der Waals surface area contributed by atoms with Crippen molar-refractivity contribution in [3.63, 3.8) is 0 Å². The van der Waals surface area contributed by atoms with E-state index >= 15 is 0 Å². The van der Waals surface area contributed by atoms with E-state index in [2.05, 4.69) is 23.2 Å². The van der Waals surface area contributed by atoms with E-state index in [1.54, 1.807) is 0 Å². The van der Waals surface area contributed by atoms with Crippen LogP contribution in [0.4, 0.5) is 0 Å². The molecule has 0 aliphatic rings. The number of nitrogens with one attached hydrogen (secondary N) is 1. The second-order valence-corrected chi connectivity index (χ2v) is 2.06. The first-order valence-electron chi connectivity index (χ1n) is 2.99. The summed E-state index contributed by atoms with van der Waals surface area (Å²) >= 11 is 0. The highest BCUT2D eigenvalue weighted by Gasteiger charge is 1.86. The number of hydrogen-bond donors (Lipinski definition) is 1. The van der Waals surface area contributed by atoms with E-state index < -0.39 is 0 Å². The van der Waals surface area contributed by atoms with Gasteiger partial charge in [0.25, 0.3) is 0 Å². The third kappa shape index (κ3) is 1.95. The highest BCUT2D eigenvalue weighted by Crippen LogP contribution is 2.09. The Kier molecular flexibility index (Phi) is 4.17. The highest BCUT2D eigenvalue weighted by molar-refractivity contribution is 6.92. The van der Waals surface area contributed by atoms with E-state index in [4.69, 9.17) is 0 Å². The molecule has 0 spiro atoms. The van der Waals surface area contributed by atoms with Gasteiger partial charge in [-0.2, -0.15) is 9.90 Å². The Morgan fingerprint density at radius 1 is 1.00 bits per heavy atom. The lowest BCUT2D eigenvalue weighted by molar-refractivity contribution is 1.48. The van der Waals surface area contributed by atoms with E-state index in [-0.39, 0.29) is 22.3 Å². The first-order valence-corrected chi connectivity index (χ1v) is 2.99. The molecule has 0 amide bonds. The van der Waals surface area contributed by atoms with Crippen molar-refractivity contribution in [2.75, 3.05) is 0 Å². The maximum Gasteiger partial charge on any atom is 0.0453 e. The van der Waals surface area contributed by atoms with E-state index in [0.29, 0.717) is 0 Å². The van der Waals surface area contributed by atoms with E-state index in [1.165, 1.54) is 10.9 Å². The van der Waals surface area contributed by atoms with Crippen molar-refractivity contribution < 1.29 is 0 Å². The van der Waals surface area contributed by atoms with Crippen molar-refractivity contribution in [3.8, 4) is 0 Å². The summed E-state index contributed by atoms with van der Waals surface area (Å²) in [6.07, 6.45) is 1.95. The third-order valence-electron chi connectivity index (χ3n) is 1.46. The molecule has 0 bridgehead atoms. The molecule has 0 saturated carbocycles. The Bertz CT molecular complexity index is 288. The molecule has 3 heteroatoms. The number of aromatic nitrogens is 1. The van der Waals surface area contributed by atoms with Crippen LogP contribution in [-0.2, 0) is 0 Å². The molecule has 1 aromatic heterocycles. The third-order valence-corrected chi connectivity index (χ3v) is 1.46. The van der Waals surface area contributed by atoms with Crippen LogP contribution >= 0.6 is 22.3 Å². The Hall–Kier alpha value is -0.520. The summed E-state index contributed by atoms with van der Waals surface area (Å²) in [6, 6.07) is 10.3. The van der Waals surface area contributed by atoms with E-state index in [9.17, 15) is 0 Å². The fourth-order valence-corrected chi connectivity index (χ4v) is 0.995. The second-order valence-electron chi connectivity index (χ2n) is 2.06. The van der Waals surface area contributed by atoms with Crippen LogP contribution < -0.4 is 0 Å². The summed E-state index contributed by atoms with van der Waals surface area (Å²) < 4.78 is 0. The molecule has 60 valence electrons. The molecule has 0 aliphatic heterocycles. The Morgan fingerprint density at radius 3 is 2.45 bits per heavy atom. The van der Waals surface area contributed by atoms with Gasteiger partial charge in [0, 0.05) is 11.7 Å². The summed E-state index contributed by atoms with van der Waals surface area (Å²) in [7, 11) is 0. The van der Waals surface area contributed by atoms with Gasteiger partial charge in [-0.3, -0.25) is 0 Å². The summed E-state index contributed by atoms with van der Waals surface area (Å²) in [6.45, 7) is 0. The fraction of sp³-hybridized carbons (Fsp3) is 0. The van der Waals surface area contributed by atoms with Crippen LogP contribution in [0.1, 0.15) is 0 Å². The minimum Gasteiger partial charge on any atom is -0.361 e. The summed E-state index contributed by atoms with van der Waals surface area (Å²) in [5.41, 5.74) is 1.21. The maximum atomic E-state index is 3.12. The normalized spacial score (nSPS) is 8.36. The molecule has 11 heavy (non-hydrogen) atoms. The lowest BCUT2D eigenvalue weighted by Crippen LogP contribution is -1.61. The molecule has 1 unspecified atom stereocenters. The molecule has 1 atom stereocenters. The van der Waals surface area contributed by atoms with Crippen LogP contribution in [0, 0.1) is 0 Å². The quantitative estimate of drug-likeness (QED) is 0.611. The van der Waals surface area contributed by atoms with Gasteiger partial charge >= 0.3 is 0 Å². The molecule has 1 aromatic carbocycles. The first-order chi connectivity index (χ1) is 4.47. The SMILES string of the molecule is Cl.P.c1ccc2[nH]ccc2c1. The number of rotatable bonds is 0. The van der Waals surface area contributed by atoms with Crippen molar-refractivity contribution >= 4 is 33.2 Å². The van der Waals surface area contributed by atoms with Gasteiger partial charge in [-0.15, -0.1) is 12.4 Å². The Morgan fingerprint density at radius 2 is 1.73 bits per heavy atom. The van der Waals surface area contributed by atoms with Crippen molar-refractivity contribution in [2.24, 2.45) is 0 Å². The molecular formula is C8H11ClNP. The number of H-pyrrole nitrogens is 1. The molecule has 0 fully saturated rings. The average molecular weight is 188 g/mol. The smallest absolute Gasteiger partial charge is 0.0453 e. The fourth-order valence-electron chi connectivity index (χ4n) is 0.995. The number of aromatic amines is 1. The van der Waals surface area contributed by atoms with Gasteiger partial charge in [-0.1, -0.05) is 18.2 Å². The zero-order valence-corrected chi connectivity index (χ0v) is 8.31. The van der Waals surface area contributed by atoms with Crippen LogP contribution in [0.5, 0.6) is 0 Å². The number of para-hydroxylation sites is 1. The topological polar surface area (TPSA) is 15.8 Å². The number of benzene rings is 1. The van der Waals surface area contributed by atoms with Crippen LogP contribution in [0.2, 0.25) is 0 Å². The summed E-state index contributed by atoms with van der Waals surface area (Å²) in [5.74, 6) is 0. The zero-order valence-electron chi connectivity index (χ0n) is 6.08. The number of halogens is 1.